The molecule has 7 heteroatoms. The van der Waals surface area contributed by atoms with E-state index in [1.165, 1.54) is 11.8 Å². The summed E-state index contributed by atoms with van der Waals surface area (Å²) in [5.41, 5.74) is 0. The SMILES string of the molecule is O=C(CCSc1ccccc1Cl)NC1CCS(=O)(=O)C1. The number of benzene rings is 1. The second-order valence-electron chi connectivity index (χ2n) is 4.70. The minimum Gasteiger partial charge on any atom is -0.352 e. The number of amides is 1. The zero-order valence-corrected chi connectivity index (χ0v) is 13.2. The average molecular weight is 334 g/mol. The largest absolute Gasteiger partial charge is 0.352 e. The topological polar surface area (TPSA) is 63.2 Å². The minimum atomic E-state index is -2.95. The van der Waals surface area contributed by atoms with Gasteiger partial charge in [0.05, 0.1) is 16.5 Å². The number of carbonyl (C=O) groups excluding carboxylic acids is 1. The number of hydrogen-bond donors (Lipinski definition) is 1. The third kappa shape index (κ3) is 4.68. The molecule has 1 aliphatic rings. The van der Waals surface area contributed by atoms with E-state index in [4.69, 9.17) is 11.6 Å². The summed E-state index contributed by atoms with van der Waals surface area (Å²) >= 11 is 7.54. The number of nitrogens with one attached hydrogen (secondary N) is 1. The van der Waals surface area contributed by atoms with Crippen molar-refractivity contribution in [3.63, 3.8) is 0 Å². The van der Waals surface area contributed by atoms with E-state index in [1.807, 2.05) is 24.3 Å². The lowest BCUT2D eigenvalue weighted by atomic mass is 10.2. The second-order valence-corrected chi connectivity index (χ2v) is 8.47. The van der Waals surface area contributed by atoms with Crippen molar-refractivity contribution >= 4 is 39.1 Å². The number of sulfone groups is 1. The average Bonchev–Trinajstić information content (AvgIpc) is 2.71. The summed E-state index contributed by atoms with van der Waals surface area (Å²) in [5, 5.41) is 3.45. The molecule has 0 radical (unpaired) electrons. The molecule has 0 saturated carbocycles. The molecule has 1 aliphatic heterocycles. The zero-order valence-electron chi connectivity index (χ0n) is 10.8. The van der Waals surface area contributed by atoms with E-state index in [1.54, 1.807) is 0 Å². The van der Waals surface area contributed by atoms with Crippen molar-refractivity contribution in [2.45, 2.75) is 23.8 Å². The van der Waals surface area contributed by atoms with Gasteiger partial charge in [0.15, 0.2) is 9.84 Å². The van der Waals surface area contributed by atoms with Crippen LogP contribution in [0, 0.1) is 0 Å². The summed E-state index contributed by atoms with van der Waals surface area (Å²) in [6.45, 7) is 0. The quantitative estimate of drug-likeness (QED) is 0.838. The first-order chi connectivity index (χ1) is 9.46. The summed E-state index contributed by atoms with van der Waals surface area (Å²) in [6, 6.07) is 7.26. The summed E-state index contributed by atoms with van der Waals surface area (Å²) in [5.74, 6) is 0.754. The summed E-state index contributed by atoms with van der Waals surface area (Å²) in [7, 11) is -2.95. The Labute approximate surface area is 128 Å². The van der Waals surface area contributed by atoms with Gasteiger partial charge in [-0.3, -0.25) is 4.79 Å². The lowest BCUT2D eigenvalue weighted by molar-refractivity contribution is -0.121. The van der Waals surface area contributed by atoms with E-state index in [0.29, 0.717) is 23.6 Å². The van der Waals surface area contributed by atoms with Crippen molar-refractivity contribution in [2.75, 3.05) is 17.3 Å². The highest BCUT2D eigenvalue weighted by Gasteiger charge is 2.28. The third-order valence-electron chi connectivity index (χ3n) is 3.02. The number of hydrogen-bond acceptors (Lipinski definition) is 4. The fourth-order valence-electron chi connectivity index (χ4n) is 2.02. The van der Waals surface area contributed by atoms with Crippen LogP contribution in [-0.4, -0.2) is 37.6 Å². The van der Waals surface area contributed by atoms with Gasteiger partial charge in [-0.25, -0.2) is 8.42 Å². The standard InChI is InChI=1S/C13H16ClNO3S2/c14-11-3-1-2-4-12(11)19-7-5-13(16)15-10-6-8-20(17,18)9-10/h1-4,10H,5-9H2,(H,15,16). The van der Waals surface area contributed by atoms with Crippen LogP contribution in [0.3, 0.4) is 0 Å². The molecule has 0 aromatic heterocycles. The van der Waals surface area contributed by atoms with E-state index in [9.17, 15) is 13.2 Å². The van der Waals surface area contributed by atoms with Crippen LogP contribution in [0.2, 0.25) is 5.02 Å². The van der Waals surface area contributed by atoms with Crippen molar-refractivity contribution in [1.82, 2.24) is 5.32 Å². The fraction of sp³-hybridized carbons (Fsp3) is 0.462. The molecule has 1 aromatic rings. The first-order valence-corrected chi connectivity index (χ1v) is 9.52. The van der Waals surface area contributed by atoms with Gasteiger partial charge < -0.3 is 5.32 Å². The van der Waals surface area contributed by atoms with Gasteiger partial charge in [0.1, 0.15) is 0 Å². The molecule has 1 N–H and O–H groups in total. The molecule has 1 unspecified atom stereocenters. The number of rotatable bonds is 5. The molecular weight excluding hydrogens is 318 g/mol. The number of carbonyl (C=O) groups is 1. The van der Waals surface area contributed by atoms with Crippen molar-refractivity contribution in [2.24, 2.45) is 0 Å². The molecule has 1 aromatic carbocycles. The molecule has 1 fully saturated rings. The molecule has 1 heterocycles. The Bertz CT molecular complexity index is 589. The maximum Gasteiger partial charge on any atom is 0.221 e. The van der Waals surface area contributed by atoms with Crippen LogP contribution in [0.5, 0.6) is 0 Å². The van der Waals surface area contributed by atoms with Gasteiger partial charge in [0, 0.05) is 23.1 Å². The highest BCUT2D eigenvalue weighted by atomic mass is 35.5. The summed E-state index contributed by atoms with van der Waals surface area (Å²) in [4.78, 5) is 12.7. The molecule has 1 atom stereocenters. The van der Waals surface area contributed by atoms with Gasteiger partial charge in [0.2, 0.25) is 5.91 Å². The molecule has 0 aliphatic carbocycles. The van der Waals surface area contributed by atoms with Gasteiger partial charge >= 0.3 is 0 Å². The van der Waals surface area contributed by atoms with Gasteiger partial charge in [-0.05, 0) is 18.6 Å². The second kappa shape index (κ2) is 6.83. The molecule has 4 nitrogen and oxygen atoms in total. The van der Waals surface area contributed by atoms with Crippen molar-refractivity contribution in [3.8, 4) is 0 Å². The van der Waals surface area contributed by atoms with Crippen LogP contribution < -0.4 is 5.32 Å². The molecule has 110 valence electrons. The van der Waals surface area contributed by atoms with Gasteiger partial charge in [0.25, 0.3) is 0 Å². The molecule has 1 saturated heterocycles. The van der Waals surface area contributed by atoms with Crippen molar-refractivity contribution in [1.29, 1.82) is 0 Å². The molecule has 1 amide bonds. The van der Waals surface area contributed by atoms with E-state index in [2.05, 4.69) is 5.32 Å². The maximum atomic E-state index is 11.7. The van der Waals surface area contributed by atoms with Crippen molar-refractivity contribution in [3.05, 3.63) is 29.3 Å². The molecule has 0 spiro atoms. The van der Waals surface area contributed by atoms with Crippen LogP contribution in [-0.2, 0) is 14.6 Å². The predicted molar refractivity (Wildman–Crippen MR) is 82.0 cm³/mol. The van der Waals surface area contributed by atoms with Gasteiger partial charge in [-0.2, -0.15) is 0 Å². The maximum absolute atomic E-state index is 11.7. The Hall–Kier alpha value is -0.720. The number of thioether (sulfide) groups is 1. The summed E-state index contributed by atoms with van der Waals surface area (Å²) < 4.78 is 22.6. The minimum absolute atomic E-state index is 0.0659. The fourth-order valence-corrected chi connectivity index (χ4v) is 4.88. The van der Waals surface area contributed by atoms with E-state index >= 15 is 0 Å². The van der Waals surface area contributed by atoms with Crippen LogP contribution in [0.1, 0.15) is 12.8 Å². The Morgan fingerprint density at radius 3 is 2.80 bits per heavy atom. The van der Waals surface area contributed by atoms with E-state index in [-0.39, 0.29) is 23.5 Å². The Morgan fingerprint density at radius 1 is 1.40 bits per heavy atom. The first kappa shape index (κ1) is 15.7. The molecule has 20 heavy (non-hydrogen) atoms. The zero-order chi connectivity index (χ0) is 14.6. The van der Waals surface area contributed by atoms with Gasteiger partial charge in [-0.15, -0.1) is 11.8 Å². The van der Waals surface area contributed by atoms with E-state index < -0.39 is 9.84 Å². The number of halogens is 1. The predicted octanol–water partition coefficient (Wildman–Crippen LogP) is 2.13. The normalized spacial score (nSPS) is 20.8. The smallest absolute Gasteiger partial charge is 0.221 e. The Kier molecular flexibility index (Phi) is 5.35. The Balaban J connectivity index is 1.72. The highest BCUT2D eigenvalue weighted by Crippen LogP contribution is 2.26. The highest BCUT2D eigenvalue weighted by molar-refractivity contribution is 7.99. The van der Waals surface area contributed by atoms with Gasteiger partial charge in [-0.1, -0.05) is 23.7 Å². The first-order valence-electron chi connectivity index (χ1n) is 6.33. The lowest BCUT2D eigenvalue weighted by Gasteiger charge is -2.10. The van der Waals surface area contributed by atoms with Crippen LogP contribution in [0.25, 0.3) is 0 Å². The van der Waals surface area contributed by atoms with Crippen molar-refractivity contribution < 1.29 is 13.2 Å². The van der Waals surface area contributed by atoms with Crippen LogP contribution >= 0.6 is 23.4 Å². The van der Waals surface area contributed by atoms with Crippen LogP contribution in [0.15, 0.2) is 29.2 Å². The molecular formula is C13H16ClNO3S2. The molecule has 2 rings (SSSR count). The Morgan fingerprint density at radius 2 is 2.15 bits per heavy atom. The lowest BCUT2D eigenvalue weighted by Crippen LogP contribution is -2.35. The van der Waals surface area contributed by atoms with Crippen LogP contribution in [0.4, 0.5) is 0 Å². The third-order valence-corrected chi connectivity index (χ3v) is 6.31. The molecule has 0 bridgehead atoms. The monoisotopic (exact) mass is 333 g/mol. The summed E-state index contributed by atoms with van der Waals surface area (Å²) in [6.07, 6.45) is 0.873. The van der Waals surface area contributed by atoms with E-state index in [0.717, 1.165) is 4.90 Å².